The Kier molecular flexibility index (Phi) is 5.48. The highest BCUT2D eigenvalue weighted by atomic mass is 16.2. The molecule has 0 aromatic rings. The molecule has 0 aromatic carbocycles. The van der Waals surface area contributed by atoms with E-state index in [2.05, 4.69) is 18.7 Å². The molecule has 0 radical (unpaired) electrons. The summed E-state index contributed by atoms with van der Waals surface area (Å²) in [5.41, 5.74) is -0.0573. The summed E-state index contributed by atoms with van der Waals surface area (Å²) in [7, 11) is 0. The second-order valence-corrected chi connectivity index (χ2v) is 8.34. The Hall–Kier alpha value is -1.10. The van der Waals surface area contributed by atoms with Crippen molar-refractivity contribution < 1.29 is 9.59 Å². The zero-order chi connectivity index (χ0) is 17.2. The molecule has 3 fully saturated rings. The van der Waals surface area contributed by atoms with Crippen molar-refractivity contribution in [2.75, 3.05) is 39.3 Å². The summed E-state index contributed by atoms with van der Waals surface area (Å²) in [6.07, 6.45) is 6.99. The molecule has 3 saturated heterocycles. The van der Waals surface area contributed by atoms with E-state index in [4.69, 9.17) is 0 Å². The van der Waals surface area contributed by atoms with Gasteiger partial charge in [-0.25, -0.2) is 0 Å². The molecule has 1 spiro atoms. The first-order valence-electron chi connectivity index (χ1n) is 9.81. The standard InChI is InChI=1S/C19H33N3O2/c1-16(2)14-20-10-5-7-19(9-13-20)8-6-17(23)22(19)15-18(24)21-11-3-4-12-21/h16H,3-15H2,1-2H3/t19-/m0/s1. The quantitative estimate of drug-likeness (QED) is 0.790. The summed E-state index contributed by atoms with van der Waals surface area (Å²) in [4.78, 5) is 31.6. The van der Waals surface area contributed by atoms with E-state index < -0.39 is 0 Å². The molecule has 136 valence electrons. The van der Waals surface area contributed by atoms with Crippen molar-refractivity contribution in [2.24, 2.45) is 5.92 Å². The van der Waals surface area contributed by atoms with Crippen LogP contribution in [-0.4, -0.2) is 71.3 Å². The van der Waals surface area contributed by atoms with E-state index in [-0.39, 0.29) is 17.4 Å². The number of nitrogens with zero attached hydrogens (tertiary/aromatic N) is 3. The lowest BCUT2D eigenvalue weighted by Crippen LogP contribution is -2.51. The molecular formula is C19H33N3O2. The third-order valence-electron chi connectivity index (χ3n) is 6.06. The molecule has 3 aliphatic heterocycles. The van der Waals surface area contributed by atoms with Crippen LogP contribution in [0.1, 0.15) is 58.8 Å². The van der Waals surface area contributed by atoms with Crippen LogP contribution in [0.25, 0.3) is 0 Å². The minimum atomic E-state index is -0.0573. The van der Waals surface area contributed by atoms with Crippen LogP contribution >= 0.6 is 0 Å². The fraction of sp³-hybridized carbons (Fsp3) is 0.895. The first-order chi connectivity index (χ1) is 11.5. The summed E-state index contributed by atoms with van der Waals surface area (Å²) in [6.45, 7) is 9.90. The zero-order valence-electron chi connectivity index (χ0n) is 15.4. The van der Waals surface area contributed by atoms with E-state index in [0.29, 0.717) is 18.9 Å². The van der Waals surface area contributed by atoms with Crippen LogP contribution in [0.4, 0.5) is 0 Å². The Morgan fingerprint density at radius 3 is 2.50 bits per heavy atom. The van der Waals surface area contributed by atoms with Gasteiger partial charge in [0.05, 0.1) is 0 Å². The normalized spacial score (nSPS) is 29.0. The van der Waals surface area contributed by atoms with Crippen molar-refractivity contribution in [2.45, 2.75) is 64.3 Å². The molecule has 0 N–H and O–H groups in total. The molecule has 0 aromatic heterocycles. The van der Waals surface area contributed by atoms with Crippen LogP contribution in [0, 0.1) is 5.92 Å². The molecule has 0 bridgehead atoms. The van der Waals surface area contributed by atoms with Gasteiger partial charge in [0.2, 0.25) is 11.8 Å². The molecule has 5 nitrogen and oxygen atoms in total. The van der Waals surface area contributed by atoms with Gasteiger partial charge in [-0.05, 0) is 51.0 Å². The summed E-state index contributed by atoms with van der Waals surface area (Å²) in [6, 6.07) is 0. The predicted molar refractivity (Wildman–Crippen MR) is 94.6 cm³/mol. The van der Waals surface area contributed by atoms with Gasteiger partial charge in [0.25, 0.3) is 0 Å². The smallest absolute Gasteiger partial charge is 0.242 e. The summed E-state index contributed by atoms with van der Waals surface area (Å²) in [5, 5.41) is 0. The molecule has 5 heteroatoms. The van der Waals surface area contributed by atoms with Crippen LogP contribution in [0.3, 0.4) is 0 Å². The Morgan fingerprint density at radius 1 is 1.04 bits per heavy atom. The second-order valence-electron chi connectivity index (χ2n) is 8.34. The summed E-state index contributed by atoms with van der Waals surface area (Å²) < 4.78 is 0. The maximum Gasteiger partial charge on any atom is 0.242 e. The van der Waals surface area contributed by atoms with Crippen molar-refractivity contribution in [1.82, 2.24) is 14.7 Å². The lowest BCUT2D eigenvalue weighted by Gasteiger charge is -2.38. The molecule has 1 atom stereocenters. The number of carbonyl (C=O) groups excluding carboxylic acids is 2. The Labute approximate surface area is 146 Å². The second kappa shape index (κ2) is 7.42. The fourth-order valence-corrected chi connectivity index (χ4v) is 4.79. The van der Waals surface area contributed by atoms with Crippen molar-refractivity contribution in [3.63, 3.8) is 0 Å². The van der Waals surface area contributed by atoms with Gasteiger partial charge >= 0.3 is 0 Å². The van der Waals surface area contributed by atoms with Crippen LogP contribution in [0.2, 0.25) is 0 Å². The van der Waals surface area contributed by atoms with Gasteiger partial charge < -0.3 is 14.7 Å². The third kappa shape index (κ3) is 3.76. The van der Waals surface area contributed by atoms with E-state index in [1.54, 1.807) is 0 Å². The molecule has 0 saturated carbocycles. The maximum absolute atomic E-state index is 12.6. The number of hydrogen-bond donors (Lipinski definition) is 0. The largest absolute Gasteiger partial charge is 0.341 e. The van der Waals surface area contributed by atoms with E-state index in [1.807, 2.05) is 9.80 Å². The molecule has 3 heterocycles. The molecule has 3 aliphatic rings. The fourth-order valence-electron chi connectivity index (χ4n) is 4.79. The minimum absolute atomic E-state index is 0.0573. The minimum Gasteiger partial charge on any atom is -0.341 e. The monoisotopic (exact) mass is 335 g/mol. The highest BCUT2D eigenvalue weighted by Gasteiger charge is 2.46. The van der Waals surface area contributed by atoms with Crippen LogP contribution in [0.5, 0.6) is 0 Å². The summed E-state index contributed by atoms with van der Waals surface area (Å²) in [5.74, 6) is 1.03. The summed E-state index contributed by atoms with van der Waals surface area (Å²) >= 11 is 0. The highest BCUT2D eigenvalue weighted by molar-refractivity contribution is 5.87. The van der Waals surface area contributed by atoms with Crippen molar-refractivity contribution in [1.29, 1.82) is 0 Å². The van der Waals surface area contributed by atoms with E-state index in [1.165, 1.54) is 0 Å². The van der Waals surface area contributed by atoms with E-state index >= 15 is 0 Å². The molecule has 24 heavy (non-hydrogen) atoms. The topological polar surface area (TPSA) is 43.9 Å². The highest BCUT2D eigenvalue weighted by Crippen LogP contribution is 2.39. The number of carbonyl (C=O) groups is 2. The number of likely N-dealkylation sites (tertiary alicyclic amines) is 3. The average molecular weight is 335 g/mol. The van der Waals surface area contributed by atoms with Crippen LogP contribution in [0.15, 0.2) is 0 Å². The van der Waals surface area contributed by atoms with Gasteiger partial charge in [-0.2, -0.15) is 0 Å². The molecule has 3 rings (SSSR count). The van der Waals surface area contributed by atoms with Crippen LogP contribution in [-0.2, 0) is 9.59 Å². The first kappa shape index (κ1) is 17.7. The maximum atomic E-state index is 12.6. The van der Waals surface area contributed by atoms with Crippen molar-refractivity contribution in [3.05, 3.63) is 0 Å². The average Bonchev–Trinajstić information content (AvgIpc) is 3.11. The number of hydrogen-bond acceptors (Lipinski definition) is 3. The van der Waals surface area contributed by atoms with Crippen LogP contribution < -0.4 is 0 Å². The number of rotatable bonds is 4. The molecular weight excluding hydrogens is 302 g/mol. The van der Waals surface area contributed by atoms with Gasteiger partial charge in [0, 0.05) is 38.1 Å². The Balaban J connectivity index is 1.66. The zero-order valence-corrected chi connectivity index (χ0v) is 15.4. The predicted octanol–water partition coefficient (Wildman–Crippen LogP) is 2.11. The lowest BCUT2D eigenvalue weighted by atomic mass is 9.87. The Morgan fingerprint density at radius 2 is 1.79 bits per heavy atom. The van der Waals surface area contributed by atoms with Crippen molar-refractivity contribution >= 4 is 11.8 Å². The van der Waals surface area contributed by atoms with Crippen molar-refractivity contribution in [3.8, 4) is 0 Å². The van der Waals surface area contributed by atoms with E-state index in [0.717, 1.165) is 71.2 Å². The van der Waals surface area contributed by atoms with Gasteiger partial charge in [-0.1, -0.05) is 13.8 Å². The molecule has 0 aliphatic carbocycles. The number of amides is 2. The van der Waals surface area contributed by atoms with E-state index in [9.17, 15) is 9.59 Å². The van der Waals surface area contributed by atoms with Gasteiger partial charge in [-0.15, -0.1) is 0 Å². The molecule has 0 unspecified atom stereocenters. The third-order valence-corrected chi connectivity index (χ3v) is 6.06. The Bertz CT molecular complexity index is 473. The van der Waals surface area contributed by atoms with Gasteiger partial charge in [0.1, 0.15) is 6.54 Å². The first-order valence-corrected chi connectivity index (χ1v) is 9.81. The molecule has 2 amide bonds. The SMILES string of the molecule is CC(C)CN1CCC[C@]2(CCC(=O)N2CC(=O)N2CCCC2)CC1. The van der Waals surface area contributed by atoms with Gasteiger partial charge in [0.15, 0.2) is 0 Å². The van der Waals surface area contributed by atoms with Gasteiger partial charge in [-0.3, -0.25) is 9.59 Å². The lowest BCUT2D eigenvalue weighted by molar-refractivity contribution is -0.141.